The van der Waals surface area contributed by atoms with Crippen LogP contribution in [0.3, 0.4) is 0 Å². The van der Waals surface area contributed by atoms with Gasteiger partial charge in [-0.15, -0.1) is 0 Å². The molecule has 1 aromatic heterocycles. The van der Waals surface area contributed by atoms with Crippen molar-refractivity contribution < 1.29 is 18.8 Å². The minimum Gasteiger partial charge on any atom is -0.497 e. The molecule has 1 aliphatic rings. The molecule has 0 spiro atoms. The maximum absolute atomic E-state index is 12.5. The van der Waals surface area contributed by atoms with E-state index in [1.165, 1.54) is 10.5 Å². The molecule has 162 valence electrons. The van der Waals surface area contributed by atoms with Crippen LogP contribution >= 0.6 is 0 Å². The Morgan fingerprint density at radius 3 is 2.53 bits per heavy atom. The molecule has 4 aromatic rings. The average molecular weight is 429 g/mol. The zero-order chi connectivity index (χ0) is 22.1. The molecular formula is C27H26NO4+. The molecule has 0 radical (unpaired) electrons. The van der Waals surface area contributed by atoms with Gasteiger partial charge in [0.1, 0.15) is 24.6 Å². The largest absolute Gasteiger partial charge is 0.497 e. The van der Waals surface area contributed by atoms with Gasteiger partial charge in [-0.05, 0) is 53.4 Å². The van der Waals surface area contributed by atoms with Crippen molar-refractivity contribution in [3.05, 3.63) is 93.8 Å². The van der Waals surface area contributed by atoms with Gasteiger partial charge in [0.2, 0.25) is 6.73 Å². The highest BCUT2D eigenvalue weighted by Gasteiger charge is 2.28. The molecule has 32 heavy (non-hydrogen) atoms. The van der Waals surface area contributed by atoms with E-state index in [0.717, 1.165) is 58.6 Å². The number of aryl methyl sites for hydroxylation is 1. The molecule has 5 heteroatoms. The third kappa shape index (κ3) is 3.76. The molecule has 0 amide bonds. The van der Waals surface area contributed by atoms with Crippen LogP contribution < -0.4 is 20.0 Å². The molecule has 0 bridgehead atoms. The third-order valence-corrected chi connectivity index (χ3v) is 6.08. The molecular weight excluding hydrogens is 402 g/mol. The monoisotopic (exact) mass is 428 g/mol. The van der Waals surface area contributed by atoms with Gasteiger partial charge in [-0.1, -0.05) is 37.3 Å². The number of nitrogens with one attached hydrogen (secondary N) is 1. The Kier molecular flexibility index (Phi) is 5.41. The Labute approximate surface area is 186 Å². The van der Waals surface area contributed by atoms with Gasteiger partial charge >= 0.3 is 5.63 Å². The highest BCUT2D eigenvalue weighted by atomic mass is 16.5. The summed E-state index contributed by atoms with van der Waals surface area (Å²) in [5.74, 6) is 1.71. The lowest BCUT2D eigenvalue weighted by Crippen LogP contribution is -3.10. The highest BCUT2D eigenvalue weighted by molar-refractivity contribution is 5.96. The lowest BCUT2D eigenvalue weighted by atomic mass is 9.95. The van der Waals surface area contributed by atoms with Gasteiger partial charge in [0.25, 0.3) is 0 Å². The number of rotatable bonds is 5. The fourth-order valence-electron chi connectivity index (χ4n) is 4.49. The highest BCUT2D eigenvalue weighted by Crippen LogP contribution is 2.37. The topological polar surface area (TPSA) is 53.1 Å². The van der Waals surface area contributed by atoms with Gasteiger partial charge in [0, 0.05) is 17.0 Å². The third-order valence-electron chi connectivity index (χ3n) is 6.08. The Hall–Kier alpha value is -3.57. The molecule has 3 aromatic carbocycles. The summed E-state index contributed by atoms with van der Waals surface area (Å²) in [5.41, 5.74) is 5.52. The standard InChI is InChI=1S/C27H25NO4/c1-3-19-13-23-22(20-7-5-4-6-8-20)14-25(29)32-27(23)24-16-28(17-31-26(19)24)15-18-9-11-21(30-2)12-10-18/h4-14H,3,15-17H2,1-2H3/p+1. The van der Waals surface area contributed by atoms with Crippen LogP contribution in [0.2, 0.25) is 0 Å². The normalized spacial score (nSPS) is 15.2. The molecule has 1 atom stereocenters. The zero-order valence-electron chi connectivity index (χ0n) is 18.3. The second-order valence-corrected chi connectivity index (χ2v) is 8.16. The number of methoxy groups -OCH3 is 1. The lowest BCUT2D eigenvalue weighted by Gasteiger charge is -2.28. The summed E-state index contributed by atoms with van der Waals surface area (Å²) in [6, 6.07) is 21.8. The first-order valence-electron chi connectivity index (χ1n) is 10.9. The van der Waals surface area contributed by atoms with Gasteiger partial charge in [0.15, 0.2) is 5.58 Å². The van der Waals surface area contributed by atoms with Gasteiger partial charge in [-0.25, -0.2) is 4.79 Å². The minimum absolute atomic E-state index is 0.343. The molecule has 2 heterocycles. The van der Waals surface area contributed by atoms with Crippen LogP contribution in [0.25, 0.3) is 22.1 Å². The fourth-order valence-corrected chi connectivity index (χ4v) is 4.49. The first-order chi connectivity index (χ1) is 15.7. The minimum atomic E-state index is -0.343. The van der Waals surface area contributed by atoms with E-state index in [-0.39, 0.29) is 5.63 Å². The van der Waals surface area contributed by atoms with E-state index >= 15 is 0 Å². The summed E-state index contributed by atoms with van der Waals surface area (Å²) in [4.78, 5) is 13.8. The van der Waals surface area contributed by atoms with Gasteiger partial charge < -0.3 is 13.9 Å². The van der Waals surface area contributed by atoms with Gasteiger partial charge in [0.05, 0.1) is 12.7 Å². The summed E-state index contributed by atoms with van der Waals surface area (Å²) in [6.45, 7) is 4.24. The van der Waals surface area contributed by atoms with Gasteiger partial charge in [-0.3, -0.25) is 4.90 Å². The van der Waals surface area contributed by atoms with E-state index in [2.05, 4.69) is 25.1 Å². The number of hydrogen-bond donors (Lipinski definition) is 1. The SMILES string of the molecule is CCc1cc2c(-c3ccccc3)cc(=O)oc2c2c1OC[NH+](Cc1ccc(OC)cc1)C2. The lowest BCUT2D eigenvalue weighted by molar-refractivity contribution is -0.945. The van der Waals surface area contributed by atoms with Gasteiger partial charge in [-0.2, -0.15) is 0 Å². The first kappa shape index (κ1) is 20.3. The van der Waals surface area contributed by atoms with Crippen molar-refractivity contribution in [2.45, 2.75) is 26.4 Å². The number of quaternary nitrogens is 1. The Balaban J connectivity index is 1.59. The molecule has 5 nitrogen and oxygen atoms in total. The van der Waals surface area contributed by atoms with E-state index in [9.17, 15) is 4.79 Å². The Bertz CT molecular complexity index is 1310. The van der Waals surface area contributed by atoms with Crippen LogP contribution in [0.15, 0.2) is 75.9 Å². The van der Waals surface area contributed by atoms with E-state index in [4.69, 9.17) is 13.9 Å². The van der Waals surface area contributed by atoms with E-state index < -0.39 is 0 Å². The van der Waals surface area contributed by atoms with Crippen LogP contribution in [0.5, 0.6) is 11.5 Å². The van der Waals surface area contributed by atoms with E-state index in [1.807, 2.05) is 42.5 Å². The second kappa shape index (κ2) is 8.52. The number of hydrogen-bond acceptors (Lipinski definition) is 4. The molecule has 0 saturated carbocycles. The molecule has 0 saturated heterocycles. The summed E-state index contributed by atoms with van der Waals surface area (Å²) in [7, 11) is 1.67. The predicted molar refractivity (Wildman–Crippen MR) is 124 cm³/mol. The predicted octanol–water partition coefficient (Wildman–Crippen LogP) is 3.97. The van der Waals surface area contributed by atoms with Crippen molar-refractivity contribution in [2.75, 3.05) is 13.8 Å². The smallest absolute Gasteiger partial charge is 0.336 e. The molecule has 0 fully saturated rings. The molecule has 0 aliphatic carbocycles. The maximum atomic E-state index is 12.5. The molecule has 1 N–H and O–H groups in total. The van der Waals surface area contributed by atoms with Crippen LogP contribution in [0.1, 0.15) is 23.6 Å². The zero-order valence-corrected chi connectivity index (χ0v) is 18.3. The van der Waals surface area contributed by atoms with Crippen LogP contribution in [0.4, 0.5) is 0 Å². The van der Waals surface area contributed by atoms with Crippen molar-refractivity contribution in [3.8, 4) is 22.6 Å². The van der Waals surface area contributed by atoms with Crippen LogP contribution in [0, 0.1) is 0 Å². The number of fused-ring (bicyclic) bond motifs is 3. The maximum Gasteiger partial charge on any atom is 0.336 e. The number of ether oxygens (including phenoxy) is 2. The molecule has 1 aliphatic heterocycles. The second-order valence-electron chi connectivity index (χ2n) is 8.16. The van der Waals surface area contributed by atoms with E-state index in [0.29, 0.717) is 12.3 Å². The fraction of sp³-hybridized carbons (Fsp3) is 0.222. The summed E-state index contributed by atoms with van der Waals surface area (Å²) >= 11 is 0. The van der Waals surface area contributed by atoms with Crippen molar-refractivity contribution in [1.29, 1.82) is 0 Å². The van der Waals surface area contributed by atoms with Crippen LogP contribution in [-0.4, -0.2) is 13.8 Å². The quantitative estimate of drug-likeness (QED) is 0.489. The summed E-state index contributed by atoms with van der Waals surface area (Å²) in [6.07, 6.45) is 0.847. The van der Waals surface area contributed by atoms with Crippen molar-refractivity contribution in [3.63, 3.8) is 0 Å². The van der Waals surface area contributed by atoms with E-state index in [1.54, 1.807) is 13.2 Å². The van der Waals surface area contributed by atoms with Crippen LogP contribution in [-0.2, 0) is 19.5 Å². The molecule has 5 rings (SSSR count). The van der Waals surface area contributed by atoms with Crippen molar-refractivity contribution >= 4 is 11.0 Å². The van der Waals surface area contributed by atoms with Crippen molar-refractivity contribution in [2.24, 2.45) is 0 Å². The first-order valence-corrected chi connectivity index (χ1v) is 10.9. The van der Waals surface area contributed by atoms with Crippen molar-refractivity contribution in [1.82, 2.24) is 0 Å². The Morgan fingerprint density at radius 2 is 1.81 bits per heavy atom. The summed E-state index contributed by atoms with van der Waals surface area (Å²) < 4.78 is 17.3. The summed E-state index contributed by atoms with van der Waals surface area (Å²) in [5, 5.41) is 0.959. The number of benzene rings is 3. The molecule has 1 unspecified atom stereocenters. The Morgan fingerprint density at radius 1 is 1.03 bits per heavy atom. The average Bonchev–Trinajstić information content (AvgIpc) is 2.84.